The second-order valence-corrected chi connectivity index (χ2v) is 5.58. The van der Waals surface area contributed by atoms with Crippen LogP contribution in [0.3, 0.4) is 0 Å². The fourth-order valence-electron chi connectivity index (χ4n) is 2.44. The number of hydrogen-bond donors (Lipinski definition) is 1. The lowest BCUT2D eigenvalue weighted by atomic mass is 10.1. The Bertz CT molecular complexity index is 262. The van der Waals surface area contributed by atoms with E-state index in [4.69, 9.17) is 11.2 Å². The van der Waals surface area contributed by atoms with Gasteiger partial charge in [0.15, 0.2) is 0 Å². The number of hydrogen-bond acceptors (Lipinski definition) is 3. The van der Waals surface area contributed by atoms with Crippen molar-refractivity contribution in [2.45, 2.75) is 38.1 Å². The van der Waals surface area contributed by atoms with Crippen molar-refractivity contribution in [3.63, 3.8) is 0 Å². The van der Waals surface area contributed by atoms with Crippen LogP contribution in [0.1, 0.15) is 32.1 Å². The number of ether oxygens (including phenoxy) is 1. The highest BCUT2D eigenvalue weighted by atomic mass is 16.5. The minimum Gasteiger partial charge on any atom is -0.381 e. The monoisotopic (exact) mass is 250 g/mol. The van der Waals surface area contributed by atoms with E-state index in [1.165, 1.54) is 25.7 Å². The van der Waals surface area contributed by atoms with Crippen molar-refractivity contribution in [2.24, 2.45) is 5.92 Å². The SMILES string of the molecule is C#CCN1CCC(NCCCOCC2CC2)CC1. The molecule has 0 unspecified atom stereocenters. The summed E-state index contributed by atoms with van der Waals surface area (Å²) in [5.74, 6) is 3.61. The molecule has 3 heteroatoms. The summed E-state index contributed by atoms with van der Waals surface area (Å²) in [7, 11) is 0. The van der Waals surface area contributed by atoms with Crippen LogP contribution in [0.4, 0.5) is 0 Å². The van der Waals surface area contributed by atoms with Crippen LogP contribution in [0, 0.1) is 18.3 Å². The molecule has 0 radical (unpaired) electrons. The first-order chi connectivity index (χ1) is 8.88. The van der Waals surface area contributed by atoms with Crippen LogP contribution in [-0.2, 0) is 4.74 Å². The molecular weight excluding hydrogens is 224 g/mol. The van der Waals surface area contributed by atoms with E-state index in [1.54, 1.807) is 0 Å². The van der Waals surface area contributed by atoms with Gasteiger partial charge in [-0.15, -0.1) is 6.42 Å². The summed E-state index contributed by atoms with van der Waals surface area (Å²) in [4.78, 5) is 2.36. The van der Waals surface area contributed by atoms with E-state index in [0.29, 0.717) is 6.04 Å². The molecule has 0 amide bonds. The molecule has 1 heterocycles. The largest absolute Gasteiger partial charge is 0.381 e. The number of piperidine rings is 1. The minimum atomic E-state index is 0.683. The quantitative estimate of drug-likeness (QED) is 0.522. The molecule has 2 aliphatic rings. The molecule has 1 aliphatic heterocycles. The van der Waals surface area contributed by atoms with Gasteiger partial charge in [-0.05, 0) is 44.6 Å². The van der Waals surface area contributed by atoms with Crippen molar-refractivity contribution in [2.75, 3.05) is 39.4 Å². The zero-order valence-corrected chi connectivity index (χ0v) is 11.4. The van der Waals surface area contributed by atoms with Crippen LogP contribution in [0.25, 0.3) is 0 Å². The summed E-state index contributed by atoms with van der Waals surface area (Å²) < 4.78 is 5.63. The number of nitrogens with one attached hydrogen (secondary N) is 1. The topological polar surface area (TPSA) is 24.5 Å². The summed E-state index contributed by atoms with van der Waals surface area (Å²) in [5.41, 5.74) is 0. The molecule has 1 aliphatic carbocycles. The Morgan fingerprint density at radius 1 is 1.22 bits per heavy atom. The highest BCUT2D eigenvalue weighted by molar-refractivity contribution is 4.90. The molecular formula is C15H26N2O. The molecule has 1 N–H and O–H groups in total. The summed E-state index contributed by atoms with van der Waals surface area (Å²) >= 11 is 0. The second-order valence-electron chi connectivity index (χ2n) is 5.58. The van der Waals surface area contributed by atoms with Crippen molar-refractivity contribution in [1.29, 1.82) is 0 Å². The standard InChI is InChI=1S/C15H26N2O/c1-2-9-17-10-6-15(7-11-17)16-8-3-12-18-13-14-4-5-14/h1,14-16H,3-13H2. The summed E-state index contributed by atoms with van der Waals surface area (Å²) in [5, 5.41) is 3.63. The smallest absolute Gasteiger partial charge is 0.0598 e. The molecule has 2 rings (SSSR count). The molecule has 0 spiro atoms. The highest BCUT2D eigenvalue weighted by Crippen LogP contribution is 2.28. The predicted octanol–water partition coefficient (Wildman–Crippen LogP) is 1.49. The Kier molecular flexibility index (Phi) is 5.99. The lowest BCUT2D eigenvalue weighted by molar-refractivity contribution is 0.120. The van der Waals surface area contributed by atoms with Gasteiger partial charge in [-0.3, -0.25) is 4.90 Å². The van der Waals surface area contributed by atoms with Gasteiger partial charge < -0.3 is 10.1 Å². The van der Waals surface area contributed by atoms with Crippen LogP contribution in [0.15, 0.2) is 0 Å². The van der Waals surface area contributed by atoms with Gasteiger partial charge in [0.25, 0.3) is 0 Å². The van der Waals surface area contributed by atoms with E-state index in [-0.39, 0.29) is 0 Å². The van der Waals surface area contributed by atoms with Crippen LogP contribution >= 0.6 is 0 Å². The lowest BCUT2D eigenvalue weighted by Gasteiger charge is -2.31. The first-order valence-corrected chi connectivity index (χ1v) is 7.35. The van der Waals surface area contributed by atoms with E-state index < -0.39 is 0 Å². The van der Waals surface area contributed by atoms with Crippen LogP contribution in [-0.4, -0.2) is 50.3 Å². The van der Waals surface area contributed by atoms with Gasteiger partial charge in [0.2, 0.25) is 0 Å². The summed E-state index contributed by atoms with van der Waals surface area (Å²) in [6.07, 6.45) is 11.7. The molecule has 0 aromatic heterocycles. The van der Waals surface area contributed by atoms with Crippen molar-refractivity contribution < 1.29 is 4.74 Å². The zero-order chi connectivity index (χ0) is 12.6. The Labute approximate surface area is 111 Å². The van der Waals surface area contributed by atoms with Crippen molar-refractivity contribution in [3.8, 4) is 12.3 Å². The summed E-state index contributed by atoms with van der Waals surface area (Å²) in [6, 6.07) is 0.683. The molecule has 18 heavy (non-hydrogen) atoms. The van der Waals surface area contributed by atoms with Gasteiger partial charge in [0, 0.05) is 32.3 Å². The van der Waals surface area contributed by atoms with Crippen LogP contribution < -0.4 is 5.32 Å². The average Bonchev–Trinajstić information content (AvgIpc) is 3.20. The molecule has 0 bridgehead atoms. The Morgan fingerprint density at radius 2 is 2.00 bits per heavy atom. The Morgan fingerprint density at radius 3 is 2.67 bits per heavy atom. The first-order valence-electron chi connectivity index (χ1n) is 7.35. The third kappa shape index (κ3) is 5.39. The first kappa shape index (κ1) is 13.9. The van der Waals surface area contributed by atoms with Gasteiger partial charge in [0.1, 0.15) is 0 Å². The molecule has 1 saturated heterocycles. The van der Waals surface area contributed by atoms with Crippen LogP contribution in [0.5, 0.6) is 0 Å². The number of nitrogens with zero attached hydrogens (tertiary/aromatic N) is 1. The second kappa shape index (κ2) is 7.78. The molecule has 3 nitrogen and oxygen atoms in total. The zero-order valence-electron chi connectivity index (χ0n) is 11.4. The van der Waals surface area contributed by atoms with Gasteiger partial charge in [-0.2, -0.15) is 0 Å². The number of terminal acetylenes is 1. The maximum Gasteiger partial charge on any atom is 0.0598 e. The lowest BCUT2D eigenvalue weighted by Crippen LogP contribution is -2.42. The van der Waals surface area contributed by atoms with Gasteiger partial charge in [0.05, 0.1) is 6.54 Å². The number of likely N-dealkylation sites (tertiary alicyclic amines) is 1. The number of rotatable bonds is 8. The van der Waals surface area contributed by atoms with E-state index in [2.05, 4.69) is 16.1 Å². The third-order valence-corrected chi connectivity index (χ3v) is 3.85. The molecule has 0 atom stereocenters. The molecule has 0 aromatic carbocycles. The maximum absolute atomic E-state index is 5.63. The highest BCUT2D eigenvalue weighted by Gasteiger charge is 2.21. The van der Waals surface area contributed by atoms with Crippen molar-refractivity contribution in [3.05, 3.63) is 0 Å². The van der Waals surface area contributed by atoms with E-state index in [9.17, 15) is 0 Å². The normalized spacial score (nSPS) is 21.9. The van der Waals surface area contributed by atoms with Crippen molar-refractivity contribution >= 4 is 0 Å². The summed E-state index contributed by atoms with van der Waals surface area (Å²) in [6.45, 7) is 6.08. The Balaban J connectivity index is 1.41. The Hall–Kier alpha value is -0.560. The molecule has 2 fully saturated rings. The van der Waals surface area contributed by atoms with Gasteiger partial charge in [-0.25, -0.2) is 0 Å². The average molecular weight is 250 g/mol. The van der Waals surface area contributed by atoms with Crippen molar-refractivity contribution in [1.82, 2.24) is 10.2 Å². The van der Waals surface area contributed by atoms with E-state index in [1.807, 2.05) is 0 Å². The molecule has 1 saturated carbocycles. The fourth-order valence-corrected chi connectivity index (χ4v) is 2.44. The maximum atomic E-state index is 5.63. The van der Waals surface area contributed by atoms with Gasteiger partial charge >= 0.3 is 0 Å². The fraction of sp³-hybridized carbons (Fsp3) is 0.867. The van der Waals surface area contributed by atoms with E-state index >= 15 is 0 Å². The molecule has 0 aromatic rings. The minimum absolute atomic E-state index is 0.683. The third-order valence-electron chi connectivity index (χ3n) is 3.85. The van der Waals surface area contributed by atoms with Crippen LogP contribution in [0.2, 0.25) is 0 Å². The van der Waals surface area contributed by atoms with Gasteiger partial charge in [-0.1, -0.05) is 5.92 Å². The van der Waals surface area contributed by atoms with E-state index in [0.717, 1.165) is 51.7 Å². The molecule has 102 valence electrons. The predicted molar refractivity (Wildman–Crippen MR) is 74.5 cm³/mol.